The van der Waals surface area contributed by atoms with Gasteiger partial charge in [0.2, 0.25) is 0 Å². The van der Waals surface area contributed by atoms with E-state index < -0.39 is 5.97 Å². The Morgan fingerprint density at radius 1 is 0.483 bits per heavy atom. The molecule has 11 nitrogen and oxygen atoms in total. The van der Waals surface area contributed by atoms with Gasteiger partial charge in [0.15, 0.2) is 0 Å². The fraction of sp³-hybridized carbons (Fsp3) is 0.553. The lowest BCUT2D eigenvalue weighted by Gasteiger charge is -2.26. The molecular weight excluding hydrogens is 737 g/mol. The van der Waals surface area contributed by atoms with Crippen LogP contribution in [0.2, 0.25) is 0 Å². The van der Waals surface area contributed by atoms with Crippen LogP contribution in [0.15, 0.2) is 72.8 Å². The number of nitrogens with zero attached hydrogens (tertiary/aromatic N) is 2. The van der Waals surface area contributed by atoms with Crippen molar-refractivity contribution in [2.24, 2.45) is 11.8 Å². The number of carbonyl (C=O) groups is 3. The summed E-state index contributed by atoms with van der Waals surface area (Å²) < 4.78 is 10.5. The van der Waals surface area contributed by atoms with Gasteiger partial charge in [-0.05, 0) is 162 Å². The van der Waals surface area contributed by atoms with Crippen LogP contribution in [0.25, 0.3) is 0 Å². The normalized spacial score (nSPS) is 10.9. The third-order valence-corrected chi connectivity index (χ3v) is 8.93. The first kappa shape index (κ1) is 51.4. The lowest BCUT2D eigenvalue weighted by atomic mass is 10.1. The average molecular weight is 809 g/mol. The van der Waals surface area contributed by atoms with Crippen molar-refractivity contribution in [3.8, 4) is 17.2 Å². The lowest BCUT2D eigenvalue weighted by molar-refractivity contribution is 0.0487. The van der Waals surface area contributed by atoms with Gasteiger partial charge in [-0.15, -0.1) is 0 Å². The number of unbranched alkanes of at least 4 members (excludes halogenated alkanes) is 6. The first-order valence-electron chi connectivity index (χ1n) is 21.1. The van der Waals surface area contributed by atoms with E-state index in [2.05, 4.69) is 51.3 Å². The van der Waals surface area contributed by atoms with Gasteiger partial charge in [-0.1, -0.05) is 54.4 Å². The highest BCUT2D eigenvalue weighted by atomic mass is 16.5. The topological polar surface area (TPSA) is 157 Å². The van der Waals surface area contributed by atoms with Crippen molar-refractivity contribution in [3.05, 3.63) is 89.5 Å². The van der Waals surface area contributed by atoms with Gasteiger partial charge in [0.1, 0.15) is 17.2 Å². The quantitative estimate of drug-likeness (QED) is 0.0477. The number of hydrogen-bond donors (Lipinski definition) is 4. The number of phenolic OH excluding ortho intramolecular Hbond substituents is 3. The predicted octanol–water partition coefficient (Wildman–Crippen LogP) is 10.0. The second kappa shape index (κ2) is 31.4. The number of carboxylic acids is 1. The maximum Gasteiger partial charge on any atom is 0.338 e. The van der Waals surface area contributed by atoms with Crippen LogP contribution in [0.4, 0.5) is 0 Å². The van der Waals surface area contributed by atoms with E-state index in [1.54, 1.807) is 24.3 Å². The van der Waals surface area contributed by atoms with E-state index in [-0.39, 0.29) is 34.8 Å². The molecule has 0 atom stereocenters. The molecule has 0 bridgehead atoms. The third-order valence-electron chi connectivity index (χ3n) is 8.93. The Bertz CT molecular complexity index is 1490. The number of esters is 2. The molecule has 3 rings (SSSR count). The number of hydrogen-bond acceptors (Lipinski definition) is 10. The van der Waals surface area contributed by atoms with Crippen molar-refractivity contribution in [1.29, 1.82) is 0 Å². The van der Waals surface area contributed by atoms with Crippen LogP contribution in [0.3, 0.4) is 0 Å². The van der Waals surface area contributed by atoms with Gasteiger partial charge in [0, 0.05) is 13.1 Å². The first-order chi connectivity index (χ1) is 27.7. The Kier molecular flexibility index (Phi) is 27.8. The molecule has 0 amide bonds. The molecule has 0 aliphatic rings. The molecular formula is C47H72N2O9. The van der Waals surface area contributed by atoms with Crippen molar-refractivity contribution in [3.63, 3.8) is 0 Å². The highest BCUT2D eigenvalue weighted by molar-refractivity contribution is 5.90. The van der Waals surface area contributed by atoms with Gasteiger partial charge < -0.3 is 39.7 Å². The van der Waals surface area contributed by atoms with E-state index in [9.17, 15) is 24.6 Å². The molecule has 324 valence electrons. The van der Waals surface area contributed by atoms with Gasteiger partial charge in [0.05, 0.1) is 29.9 Å². The molecule has 3 aromatic rings. The Morgan fingerprint density at radius 2 is 0.810 bits per heavy atom. The van der Waals surface area contributed by atoms with Gasteiger partial charge in [-0.25, -0.2) is 14.4 Å². The van der Waals surface area contributed by atoms with Crippen LogP contribution in [-0.2, 0) is 9.47 Å². The molecule has 0 radical (unpaired) electrons. The van der Waals surface area contributed by atoms with Crippen molar-refractivity contribution in [1.82, 2.24) is 9.80 Å². The number of carbonyl (C=O) groups excluding carboxylic acids is 2. The summed E-state index contributed by atoms with van der Waals surface area (Å²) in [5.74, 6) is 0.134. The van der Waals surface area contributed by atoms with Gasteiger partial charge in [-0.3, -0.25) is 0 Å². The molecule has 0 heterocycles. The van der Waals surface area contributed by atoms with Crippen LogP contribution in [0.5, 0.6) is 17.2 Å². The van der Waals surface area contributed by atoms with Gasteiger partial charge in [0.25, 0.3) is 0 Å². The Hall–Kier alpha value is -4.61. The van der Waals surface area contributed by atoms with Crippen LogP contribution in [0.1, 0.15) is 137 Å². The molecule has 0 aliphatic heterocycles. The molecule has 0 saturated carbocycles. The van der Waals surface area contributed by atoms with E-state index in [1.165, 1.54) is 87.3 Å². The summed E-state index contributed by atoms with van der Waals surface area (Å²) in [4.78, 5) is 39.0. The zero-order valence-corrected chi connectivity index (χ0v) is 36.0. The van der Waals surface area contributed by atoms with Crippen LogP contribution < -0.4 is 0 Å². The summed E-state index contributed by atoms with van der Waals surface area (Å²) >= 11 is 0. The summed E-state index contributed by atoms with van der Waals surface area (Å²) in [6, 6.07) is 17.7. The van der Waals surface area contributed by atoms with E-state index in [1.807, 2.05) is 0 Å². The molecule has 0 saturated heterocycles. The molecule has 58 heavy (non-hydrogen) atoms. The molecule has 0 spiro atoms. The second-order valence-electron chi connectivity index (χ2n) is 15.4. The maximum absolute atomic E-state index is 11.8. The summed E-state index contributed by atoms with van der Waals surface area (Å²) in [5, 5.41) is 35.6. The van der Waals surface area contributed by atoms with E-state index in [4.69, 9.17) is 19.7 Å². The lowest BCUT2D eigenvalue weighted by Crippen LogP contribution is -2.32. The number of rotatable bonds is 25. The maximum atomic E-state index is 11.8. The Balaban J connectivity index is 0.000000470. The van der Waals surface area contributed by atoms with Crippen molar-refractivity contribution in [2.45, 2.75) is 106 Å². The number of aromatic hydroxyl groups is 3. The van der Waals surface area contributed by atoms with Crippen molar-refractivity contribution >= 4 is 17.9 Å². The summed E-state index contributed by atoms with van der Waals surface area (Å²) in [7, 11) is 0. The van der Waals surface area contributed by atoms with E-state index in [0.717, 1.165) is 64.7 Å². The Morgan fingerprint density at radius 3 is 1.14 bits per heavy atom. The highest BCUT2D eigenvalue weighted by Gasteiger charge is 2.11. The average Bonchev–Trinajstić information content (AvgIpc) is 3.18. The number of aromatic carboxylic acids is 1. The fourth-order valence-electron chi connectivity index (χ4n) is 5.91. The number of ether oxygens (including phenoxy) is 2. The minimum Gasteiger partial charge on any atom is -0.508 e. The van der Waals surface area contributed by atoms with E-state index in [0.29, 0.717) is 36.2 Å². The zero-order valence-electron chi connectivity index (χ0n) is 36.0. The first-order valence-corrected chi connectivity index (χ1v) is 21.1. The SMILES string of the molecule is CC(C)CN(CCCCCOC(=O)c1ccc(O)cc1)CC(C)C.CCCCN(CCCC)CCCCCOC(=O)c1ccc(O)cc1.O=C(O)c1ccc(O)cc1. The highest BCUT2D eigenvalue weighted by Crippen LogP contribution is 2.13. The fourth-order valence-corrected chi connectivity index (χ4v) is 5.91. The van der Waals surface area contributed by atoms with Gasteiger partial charge in [-0.2, -0.15) is 0 Å². The van der Waals surface area contributed by atoms with Crippen molar-refractivity contribution < 1.29 is 44.3 Å². The largest absolute Gasteiger partial charge is 0.508 e. The summed E-state index contributed by atoms with van der Waals surface area (Å²) in [5.41, 5.74) is 1.14. The van der Waals surface area contributed by atoms with Crippen LogP contribution >= 0.6 is 0 Å². The number of carboxylic acid groups (broad SMARTS) is 1. The third kappa shape index (κ3) is 25.6. The smallest absolute Gasteiger partial charge is 0.338 e. The van der Waals surface area contributed by atoms with Crippen molar-refractivity contribution in [2.75, 3.05) is 52.5 Å². The minimum absolute atomic E-state index is 0.0741. The number of benzene rings is 3. The molecule has 11 heteroatoms. The molecule has 3 aromatic carbocycles. The zero-order chi connectivity index (χ0) is 43.1. The number of phenols is 3. The molecule has 0 fully saturated rings. The van der Waals surface area contributed by atoms with Crippen LogP contribution in [0, 0.1) is 11.8 Å². The molecule has 0 aromatic heterocycles. The minimum atomic E-state index is -0.986. The molecule has 4 N–H and O–H groups in total. The second-order valence-corrected chi connectivity index (χ2v) is 15.4. The monoisotopic (exact) mass is 809 g/mol. The molecule has 0 unspecified atom stereocenters. The molecule has 0 aliphatic carbocycles. The summed E-state index contributed by atoms with van der Waals surface area (Å²) in [6.45, 7) is 21.4. The standard InChI is InChI=1S/2C20H33NO3.C7H6O3/c1-16(2)14-21(15-17(3)4)12-6-5-7-13-24-20(23)18-8-10-19(22)11-9-18;1-3-5-14-21(15-6-4-2)16-8-7-9-17-24-20(23)18-10-12-19(22)13-11-18;8-6-3-1-5(2-4-6)7(9)10/h8-11,16-17,22H,5-7,12-15H2,1-4H3;10-13,22H,3-9,14-17H2,1-2H3;1-4,8H,(H,9,10). The van der Waals surface area contributed by atoms with E-state index >= 15 is 0 Å². The van der Waals surface area contributed by atoms with Gasteiger partial charge >= 0.3 is 17.9 Å². The van der Waals surface area contributed by atoms with Crippen LogP contribution in [-0.4, -0.2) is 101 Å². The Labute approximate surface area is 348 Å². The summed E-state index contributed by atoms with van der Waals surface area (Å²) in [6.07, 6.45) is 11.3. The predicted molar refractivity (Wildman–Crippen MR) is 232 cm³/mol.